The van der Waals surface area contributed by atoms with Crippen molar-refractivity contribution < 1.29 is 14.3 Å². The number of hydrogen-bond acceptors (Lipinski definition) is 5. The number of ketones is 1. The number of fused-ring (bicyclic) bond motifs is 2. The maximum atomic E-state index is 12.9. The van der Waals surface area contributed by atoms with Crippen LogP contribution in [0.3, 0.4) is 0 Å². The maximum Gasteiger partial charge on any atom is 0.231 e. The minimum atomic E-state index is -0.0683. The van der Waals surface area contributed by atoms with Crippen LogP contribution in [0.15, 0.2) is 48.2 Å². The first-order valence-corrected chi connectivity index (χ1v) is 11.2. The molecule has 6 nitrogen and oxygen atoms in total. The summed E-state index contributed by atoms with van der Waals surface area (Å²) in [4.78, 5) is 17.8. The van der Waals surface area contributed by atoms with Gasteiger partial charge in [0, 0.05) is 61.4 Å². The van der Waals surface area contributed by atoms with Gasteiger partial charge in [-0.2, -0.15) is 0 Å². The number of likely N-dealkylation sites (N-methyl/N-ethyl adjacent to an activating group) is 1. The highest BCUT2D eigenvalue weighted by molar-refractivity contribution is 6.15. The summed E-state index contributed by atoms with van der Waals surface area (Å²) in [6.07, 6.45) is 1.89. The Kier molecular flexibility index (Phi) is 5.49. The lowest BCUT2D eigenvalue weighted by atomic mass is 10.1. The van der Waals surface area contributed by atoms with E-state index in [1.165, 1.54) is 0 Å². The Morgan fingerprint density at radius 3 is 2.59 bits per heavy atom. The van der Waals surface area contributed by atoms with Crippen molar-refractivity contribution in [3.05, 3.63) is 65.0 Å². The molecule has 0 atom stereocenters. The van der Waals surface area contributed by atoms with Gasteiger partial charge in [-0.25, -0.2) is 0 Å². The predicted molar refractivity (Wildman–Crippen MR) is 127 cm³/mol. The number of piperazine rings is 1. The number of rotatable bonds is 5. The first-order chi connectivity index (χ1) is 15.5. The zero-order valence-corrected chi connectivity index (χ0v) is 18.9. The summed E-state index contributed by atoms with van der Waals surface area (Å²) < 4.78 is 13.8. The number of nitrogens with zero attached hydrogens (tertiary/aromatic N) is 3. The third-order valence-corrected chi connectivity index (χ3v) is 6.67. The van der Waals surface area contributed by atoms with E-state index in [0.717, 1.165) is 67.2 Å². The van der Waals surface area contributed by atoms with E-state index in [0.29, 0.717) is 17.1 Å². The van der Waals surface area contributed by atoms with Gasteiger partial charge in [0.1, 0.15) is 11.5 Å². The number of allylic oxidation sites excluding steroid dienone is 1. The SMILES string of the molecule is COc1ccc2c(c1)c(C=C1Oc3ccccc3C1=O)c(C)n2CCN1CCN(C)CC1. The number of para-hydroxylation sites is 1. The highest BCUT2D eigenvalue weighted by Crippen LogP contribution is 2.35. The lowest BCUT2D eigenvalue weighted by Gasteiger charge is -2.32. The quantitative estimate of drug-likeness (QED) is 0.575. The molecule has 0 radical (unpaired) electrons. The smallest absolute Gasteiger partial charge is 0.231 e. The van der Waals surface area contributed by atoms with Gasteiger partial charge in [-0.1, -0.05) is 12.1 Å². The van der Waals surface area contributed by atoms with Crippen LogP contribution in [0.25, 0.3) is 17.0 Å². The molecule has 0 N–H and O–H groups in total. The summed E-state index contributed by atoms with van der Waals surface area (Å²) in [5, 5.41) is 1.07. The van der Waals surface area contributed by atoms with E-state index in [-0.39, 0.29) is 5.78 Å². The summed E-state index contributed by atoms with van der Waals surface area (Å²) >= 11 is 0. The second-order valence-corrected chi connectivity index (χ2v) is 8.61. The van der Waals surface area contributed by atoms with E-state index >= 15 is 0 Å². The third-order valence-electron chi connectivity index (χ3n) is 6.67. The standard InChI is InChI=1S/C26H29N3O3/c1-18-21(17-25-26(30)20-6-4-5-7-24(20)32-25)22-16-19(31-3)8-9-23(22)29(18)15-14-28-12-10-27(2)11-13-28/h4-9,16-17H,10-15H2,1-3H3. The third kappa shape index (κ3) is 3.70. The predicted octanol–water partition coefficient (Wildman–Crippen LogP) is 3.82. The van der Waals surface area contributed by atoms with E-state index in [9.17, 15) is 4.79 Å². The van der Waals surface area contributed by atoms with Crippen LogP contribution in [0.4, 0.5) is 0 Å². The van der Waals surface area contributed by atoms with E-state index in [1.54, 1.807) is 7.11 Å². The van der Waals surface area contributed by atoms with Crippen LogP contribution in [-0.2, 0) is 6.54 Å². The van der Waals surface area contributed by atoms with Crippen molar-refractivity contribution in [3.8, 4) is 11.5 Å². The molecule has 6 heteroatoms. The molecular weight excluding hydrogens is 402 g/mol. The number of carbonyl (C=O) groups is 1. The topological polar surface area (TPSA) is 46.9 Å². The number of hydrogen-bond donors (Lipinski definition) is 0. The van der Waals surface area contributed by atoms with Crippen molar-refractivity contribution in [1.82, 2.24) is 14.4 Å². The molecule has 3 heterocycles. The molecule has 1 saturated heterocycles. The zero-order chi connectivity index (χ0) is 22.2. The molecule has 0 amide bonds. The Hall–Kier alpha value is -3.09. The molecule has 5 rings (SSSR count). The van der Waals surface area contributed by atoms with Crippen LogP contribution in [0, 0.1) is 6.92 Å². The fourth-order valence-corrected chi connectivity index (χ4v) is 4.66. The van der Waals surface area contributed by atoms with Gasteiger partial charge in [0.05, 0.1) is 12.7 Å². The highest BCUT2D eigenvalue weighted by Gasteiger charge is 2.27. The minimum Gasteiger partial charge on any atom is -0.497 e. The molecule has 166 valence electrons. The number of Topliss-reactive ketones (excluding diaryl/α,β-unsaturated/α-hetero) is 1. The number of ether oxygens (including phenoxy) is 2. The first-order valence-electron chi connectivity index (χ1n) is 11.2. The molecule has 0 aliphatic carbocycles. The number of carbonyl (C=O) groups excluding carboxylic acids is 1. The fourth-order valence-electron chi connectivity index (χ4n) is 4.66. The zero-order valence-electron chi connectivity index (χ0n) is 18.9. The monoisotopic (exact) mass is 431 g/mol. The van der Waals surface area contributed by atoms with Gasteiger partial charge >= 0.3 is 0 Å². The van der Waals surface area contributed by atoms with Crippen LogP contribution in [-0.4, -0.2) is 67.0 Å². The molecule has 1 fully saturated rings. The van der Waals surface area contributed by atoms with Gasteiger partial charge in [-0.15, -0.1) is 0 Å². The Balaban J connectivity index is 1.51. The van der Waals surface area contributed by atoms with Crippen molar-refractivity contribution in [1.29, 1.82) is 0 Å². The van der Waals surface area contributed by atoms with Crippen molar-refractivity contribution in [2.45, 2.75) is 13.5 Å². The molecule has 2 aliphatic heterocycles. The average molecular weight is 432 g/mol. The largest absolute Gasteiger partial charge is 0.497 e. The second-order valence-electron chi connectivity index (χ2n) is 8.61. The number of aromatic nitrogens is 1. The Bertz CT molecular complexity index is 1200. The minimum absolute atomic E-state index is 0.0683. The van der Waals surface area contributed by atoms with E-state index in [2.05, 4.69) is 34.4 Å². The summed E-state index contributed by atoms with van der Waals surface area (Å²) in [6.45, 7) is 8.44. The van der Waals surface area contributed by atoms with Crippen molar-refractivity contribution in [2.24, 2.45) is 0 Å². The van der Waals surface area contributed by atoms with Gasteiger partial charge in [0.2, 0.25) is 5.78 Å². The summed E-state index contributed by atoms with van der Waals surface area (Å²) in [5.74, 6) is 1.73. The normalized spacial score (nSPS) is 18.3. The lowest BCUT2D eigenvalue weighted by molar-refractivity contribution is 0.101. The summed E-state index contributed by atoms with van der Waals surface area (Å²) in [7, 11) is 3.86. The van der Waals surface area contributed by atoms with Gasteiger partial charge < -0.3 is 18.9 Å². The van der Waals surface area contributed by atoms with E-state index in [4.69, 9.17) is 9.47 Å². The van der Waals surface area contributed by atoms with Gasteiger partial charge in [-0.3, -0.25) is 9.69 Å². The molecule has 3 aromatic rings. The van der Waals surface area contributed by atoms with Crippen LogP contribution in [0.1, 0.15) is 21.6 Å². The van der Waals surface area contributed by atoms with Crippen molar-refractivity contribution in [2.75, 3.05) is 46.9 Å². The highest BCUT2D eigenvalue weighted by atomic mass is 16.5. The first kappa shape index (κ1) is 20.8. The van der Waals surface area contributed by atoms with Crippen LogP contribution in [0.2, 0.25) is 0 Å². The molecule has 0 spiro atoms. The summed E-state index contributed by atoms with van der Waals surface area (Å²) in [6, 6.07) is 13.6. The average Bonchev–Trinajstić information content (AvgIpc) is 3.27. The van der Waals surface area contributed by atoms with Gasteiger partial charge in [-0.05, 0) is 50.4 Å². The Morgan fingerprint density at radius 1 is 1.06 bits per heavy atom. The van der Waals surface area contributed by atoms with E-state index < -0.39 is 0 Å². The van der Waals surface area contributed by atoms with Crippen molar-refractivity contribution in [3.63, 3.8) is 0 Å². The van der Waals surface area contributed by atoms with Crippen LogP contribution in [0.5, 0.6) is 11.5 Å². The summed E-state index contributed by atoms with van der Waals surface area (Å²) in [5.41, 5.74) is 3.90. The molecule has 2 aromatic carbocycles. The number of methoxy groups -OCH3 is 1. The second kappa shape index (κ2) is 8.45. The van der Waals surface area contributed by atoms with Gasteiger partial charge in [0.15, 0.2) is 5.76 Å². The van der Waals surface area contributed by atoms with Crippen molar-refractivity contribution >= 4 is 22.8 Å². The Morgan fingerprint density at radius 2 is 1.84 bits per heavy atom. The number of benzene rings is 2. The van der Waals surface area contributed by atoms with E-state index in [1.807, 2.05) is 42.5 Å². The molecule has 0 unspecified atom stereocenters. The van der Waals surface area contributed by atoms with Gasteiger partial charge in [0.25, 0.3) is 0 Å². The molecule has 32 heavy (non-hydrogen) atoms. The van der Waals surface area contributed by atoms with Crippen LogP contribution < -0.4 is 9.47 Å². The Labute approximate surface area is 188 Å². The van der Waals surface area contributed by atoms with Crippen LogP contribution >= 0.6 is 0 Å². The molecule has 2 aliphatic rings. The fraction of sp³-hybridized carbons (Fsp3) is 0.346. The molecule has 1 aromatic heterocycles. The molecule has 0 saturated carbocycles. The molecular formula is C26H29N3O3. The lowest BCUT2D eigenvalue weighted by Crippen LogP contribution is -2.45. The maximum absolute atomic E-state index is 12.9. The molecule has 0 bridgehead atoms.